The summed E-state index contributed by atoms with van der Waals surface area (Å²) in [6, 6.07) is 10.7. The van der Waals surface area contributed by atoms with Crippen LogP contribution in [0.5, 0.6) is 0 Å². The quantitative estimate of drug-likeness (QED) is 0.641. The van der Waals surface area contributed by atoms with E-state index < -0.39 is 23.8 Å². The summed E-state index contributed by atoms with van der Waals surface area (Å²) in [6.07, 6.45) is 3.05. The van der Waals surface area contributed by atoms with Crippen LogP contribution in [-0.2, 0) is 19.2 Å². The van der Waals surface area contributed by atoms with Gasteiger partial charge in [0.15, 0.2) is 0 Å². The Morgan fingerprint density at radius 2 is 1.03 bits per heavy atom. The van der Waals surface area contributed by atoms with E-state index in [0.717, 1.165) is 34.4 Å². The minimum Gasteiger partial charge on any atom is -0.545 e. The lowest BCUT2D eigenvalue weighted by Crippen LogP contribution is -2.20. The van der Waals surface area contributed by atoms with Gasteiger partial charge in [-0.1, -0.05) is 12.1 Å². The highest BCUT2D eigenvalue weighted by atomic mass is 16.4. The van der Waals surface area contributed by atoms with Crippen LogP contribution in [0.15, 0.2) is 60.7 Å². The van der Waals surface area contributed by atoms with Crippen LogP contribution in [0, 0.1) is 13.8 Å². The molecule has 0 saturated heterocycles. The third-order valence-electron chi connectivity index (χ3n) is 4.04. The van der Waals surface area contributed by atoms with Crippen molar-refractivity contribution >= 4 is 35.1 Å². The van der Waals surface area contributed by atoms with Crippen LogP contribution in [0.3, 0.4) is 0 Å². The van der Waals surface area contributed by atoms with Gasteiger partial charge in [0.1, 0.15) is 0 Å². The van der Waals surface area contributed by atoms with E-state index in [2.05, 4.69) is 10.6 Å². The van der Waals surface area contributed by atoms with Crippen LogP contribution < -0.4 is 20.8 Å². The van der Waals surface area contributed by atoms with Gasteiger partial charge in [0, 0.05) is 23.5 Å². The van der Waals surface area contributed by atoms with Crippen molar-refractivity contribution in [1.82, 2.24) is 0 Å². The summed E-state index contributed by atoms with van der Waals surface area (Å²) in [5, 5.41) is 25.9. The van der Waals surface area contributed by atoms with Crippen LogP contribution in [0.1, 0.15) is 11.1 Å². The standard InChI is InChI=1S/C22H20N2O6/c1-13-11-15(3-5-17(13)23-19(25)7-9-21(27)28)16-4-6-18(14(2)12-16)24-20(26)8-10-22(29)30/h3-12H,1-2H3,(H,23,25)(H,24,26)(H,27,28)(H,29,30)/p-2/b9-7+,10-8+. The molecular weight excluding hydrogens is 388 g/mol. The Kier molecular flexibility index (Phi) is 7.24. The molecule has 0 radical (unpaired) electrons. The molecule has 30 heavy (non-hydrogen) atoms. The number of carboxylic acid groups (broad SMARTS) is 2. The largest absolute Gasteiger partial charge is 0.545 e. The van der Waals surface area contributed by atoms with Crippen LogP contribution in [0.25, 0.3) is 11.1 Å². The van der Waals surface area contributed by atoms with E-state index in [1.54, 1.807) is 38.1 Å². The zero-order valence-corrected chi connectivity index (χ0v) is 16.2. The van der Waals surface area contributed by atoms with Gasteiger partial charge >= 0.3 is 0 Å². The second kappa shape index (κ2) is 9.83. The van der Waals surface area contributed by atoms with Gasteiger partial charge in [-0.3, -0.25) is 9.59 Å². The second-order valence-electron chi connectivity index (χ2n) is 6.34. The van der Waals surface area contributed by atoms with Crippen LogP contribution in [0.2, 0.25) is 0 Å². The van der Waals surface area contributed by atoms with Crippen molar-refractivity contribution in [3.63, 3.8) is 0 Å². The summed E-state index contributed by atoms with van der Waals surface area (Å²) >= 11 is 0. The highest BCUT2D eigenvalue weighted by molar-refractivity contribution is 6.03. The van der Waals surface area contributed by atoms with Gasteiger partial charge in [-0.2, -0.15) is 0 Å². The van der Waals surface area contributed by atoms with Crippen molar-refractivity contribution in [1.29, 1.82) is 0 Å². The van der Waals surface area contributed by atoms with Crippen molar-refractivity contribution in [3.8, 4) is 11.1 Å². The Balaban J connectivity index is 2.16. The molecule has 2 N–H and O–H groups in total. The summed E-state index contributed by atoms with van der Waals surface area (Å²) in [6.45, 7) is 3.60. The number of nitrogens with one attached hydrogen (secondary N) is 2. The first-order valence-corrected chi connectivity index (χ1v) is 8.77. The minimum atomic E-state index is -1.46. The van der Waals surface area contributed by atoms with Crippen molar-refractivity contribution in [2.45, 2.75) is 13.8 Å². The fourth-order valence-electron chi connectivity index (χ4n) is 2.60. The lowest BCUT2D eigenvalue weighted by Gasteiger charge is -2.12. The van der Waals surface area contributed by atoms with Gasteiger partial charge < -0.3 is 30.4 Å². The number of carbonyl (C=O) groups excluding carboxylic acids is 4. The number of aliphatic carboxylic acids is 2. The Bertz CT molecular complexity index is 984. The van der Waals surface area contributed by atoms with Crippen molar-refractivity contribution in [2.24, 2.45) is 0 Å². The van der Waals surface area contributed by atoms with Crippen molar-refractivity contribution in [2.75, 3.05) is 10.6 Å². The molecule has 2 amide bonds. The third-order valence-corrected chi connectivity index (χ3v) is 4.04. The first-order chi connectivity index (χ1) is 14.2. The van der Waals surface area contributed by atoms with Crippen LogP contribution in [-0.4, -0.2) is 23.8 Å². The summed E-state index contributed by atoms with van der Waals surface area (Å²) in [7, 11) is 0. The number of rotatable bonds is 7. The molecule has 0 atom stereocenters. The summed E-state index contributed by atoms with van der Waals surface area (Å²) in [5.41, 5.74) is 4.34. The highest BCUT2D eigenvalue weighted by Gasteiger charge is 2.07. The second-order valence-corrected chi connectivity index (χ2v) is 6.34. The Morgan fingerprint density at radius 1 is 0.667 bits per heavy atom. The lowest BCUT2D eigenvalue weighted by molar-refractivity contribution is -0.298. The molecule has 0 unspecified atom stereocenters. The first kappa shape index (κ1) is 22.1. The number of anilines is 2. The molecule has 154 valence electrons. The number of hydrogen-bond acceptors (Lipinski definition) is 6. The van der Waals surface area contributed by atoms with Crippen LogP contribution in [0.4, 0.5) is 11.4 Å². The molecule has 2 aromatic carbocycles. The van der Waals surface area contributed by atoms with Gasteiger partial charge in [0.05, 0.1) is 11.9 Å². The average molecular weight is 406 g/mol. The fourth-order valence-corrected chi connectivity index (χ4v) is 2.60. The third kappa shape index (κ3) is 6.45. The molecule has 0 heterocycles. The molecule has 0 aliphatic heterocycles. The number of carbonyl (C=O) groups is 4. The lowest BCUT2D eigenvalue weighted by atomic mass is 10.00. The number of carboxylic acids is 2. The van der Waals surface area contributed by atoms with Gasteiger partial charge in [-0.05, 0) is 72.5 Å². The maximum Gasteiger partial charge on any atom is 0.248 e. The van der Waals surface area contributed by atoms with Crippen molar-refractivity contribution < 1.29 is 29.4 Å². The molecule has 0 aliphatic rings. The molecule has 0 aliphatic carbocycles. The maximum atomic E-state index is 11.7. The molecule has 0 saturated carbocycles. The Labute approximate surface area is 172 Å². The minimum absolute atomic E-state index is 0.534. The topological polar surface area (TPSA) is 138 Å². The Morgan fingerprint density at radius 3 is 1.33 bits per heavy atom. The zero-order chi connectivity index (χ0) is 22.3. The summed E-state index contributed by atoms with van der Waals surface area (Å²) in [5.74, 6) is -4.08. The van der Waals surface area contributed by atoms with Gasteiger partial charge in [0.25, 0.3) is 0 Å². The number of hydrogen-bond donors (Lipinski definition) is 2. The van der Waals surface area contributed by atoms with Gasteiger partial charge in [0.2, 0.25) is 11.8 Å². The van der Waals surface area contributed by atoms with Gasteiger partial charge in [-0.25, -0.2) is 0 Å². The predicted molar refractivity (Wildman–Crippen MR) is 107 cm³/mol. The molecule has 0 aromatic heterocycles. The molecule has 8 heteroatoms. The summed E-state index contributed by atoms with van der Waals surface area (Å²) < 4.78 is 0. The predicted octanol–water partition coefficient (Wildman–Crippen LogP) is 0.460. The molecule has 8 nitrogen and oxygen atoms in total. The first-order valence-electron chi connectivity index (χ1n) is 8.77. The molecular formula is C22H18N2O6-2. The average Bonchev–Trinajstić information content (AvgIpc) is 2.68. The normalized spacial score (nSPS) is 10.9. The maximum absolute atomic E-state index is 11.7. The van der Waals surface area contributed by atoms with Gasteiger partial charge in [-0.15, -0.1) is 0 Å². The van der Waals surface area contributed by atoms with E-state index in [1.807, 2.05) is 12.1 Å². The SMILES string of the molecule is Cc1cc(-c2ccc(NC(=O)/C=C/C(=O)[O-])c(C)c2)ccc1NC(=O)/C=C/C(=O)[O-]. The number of amides is 2. The fraction of sp³-hybridized carbons (Fsp3) is 0.0909. The van der Waals surface area contributed by atoms with Crippen molar-refractivity contribution in [3.05, 3.63) is 71.8 Å². The number of benzene rings is 2. The molecule has 0 spiro atoms. The monoisotopic (exact) mass is 406 g/mol. The van der Waals surface area contributed by atoms with E-state index in [0.29, 0.717) is 23.5 Å². The van der Waals surface area contributed by atoms with E-state index in [9.17, 15) is 29.4 Å². The Hall–Kier alpha value is -4.20. The molecule has 2 rings (SSSR count). The number of aryl methyl sites for hydroxylation is 2. The van der Waals surface area contributed by atoms with E-state index in [4.69, 9.17) is 0 Å². The molecule has 0 fully saturated rings. The van der Waals surface area contributed by atoms with E-state index in [1.165, 1.54) is 0 Å². The molecule has 0 bridgehead atoms. The van der Waals surface area contributed by atoms with E-state index >= 15 is 0 Å². The van der Waals surface area contributed by atoms with Crippen LogP contribution >= 0.6 is 0 Å². The zero-order valence-electron chi connectivity index (χ0n) is 16.2. The highest BCUT2D eigenvalue weighted by Crippen LogP contribution is 2.28. The summed E-state index contributed by atoms with van der Waals surface area (Å²) in [4.78, 5) is 44.2. The smallest absolute Gasteiger partial charge is 0.248 e. The van der Waals surface area contributed by atoms with E-state index in [-0.39, 0.29) is 0 Å². The molecule has 2 aromatic rings.